The summed E-state index contributed by atoms with van der Waals surface area (Å²) in [4.78, 5) is 37.2. The number of rotatable bonds is 2. The summed E-state index contributed by atoms with van der Waals surface area (Å²) in [6.45, 7) is 1.86. The number of carbonyl (C=O) groups excluding carboxylic acids is 2. The van der Waals surface area contributed by atoms with Crippen molar-refractivity contribution in [1.29, 1.82) is 0 Å². The van der Waals surface area contributed by atoms with Crippen LogP contribution in [0.25, 0.3) is 17.1 Å². The zero-order valence-corrected chi connectivity index (χ0v) is 16.2. The molecule has 0 saturated carbocycles. The van der Waals surface area contributed by atoms with Gasteiger partial charge in [-0.05, 0) is 48.4 Å². The van der Waals surface area contributed by atoms with Crippen molar-refractivity contribution in [3.8, 4) is 0 Å². The zero-order valence-electron chi connectivity index (χ0n) is 15.5. The Morgan fingerprint density at radius 2 is 1.68 bits per heavy atom. The number of aromatic nitrogens is 2. The summed E-state index contributed by atoms with van der Waals surface area (Å²) in [6, 6.07) is 10.5. The van der Waals surface area contributed by atoms with Gasteiger partial charge in [0.25, 0.3) is 11.8 Å². The first-order valence-corrected chi connectivity index (χ1v) is 8.94. The van der Waals surface area contributed by atoms with Crippen molar-refractivity contribution in [2.75, 3.05) is 5.01 Å². The van der Waals surface area contributed by atoms with Crippen molar-refractivity contribution in [3.05, 3.63) is 68.6 Å². The Balaban J connectivity index is 1.73. The highest BCUT2D eigenvalue weighted by Gasteiger charge is 2.34. The number of anilines is 1. The maximum atomic E-state index is 12.8. The Morgan fingerprint density at radius 3 is 2.39 bits per heavy atom. The molecule has 1 aromatic heterocycles. The van der Waals surface area contributed by atoms with Gasteiger partial charge in [0.05, 0.1) is 16.7 Å². The first kappa shape index (κ1) is 18.1. The number of amides is 2. The fourth-order valence-corrected chi connectivity index (χ4v) is 3.42. The highest BCUT2D eigenvalue weighted by Crippen LogP contribution is 2.26. The van der Waals surface area contributed by atoms with E-state index in [0.717, 1.165) is 16.6 Å². The summed E-state index contributed by atoms with van der Waals surface area (Å²) in [6.07, 6.45) is 1.52. The van der Waals surface area contributed by atoms with Gasteiger partial charge in [-0.1, -0.05) is 23.7 Å². The van der Waals surface area contributed by atoms with Crippen LogP contribution in [-0.2, 0) is 23.7 Å². The van der Waals surface area contributed by atoms with Gasteiger partial charge in [-0.2, -0.15) is 0 Å². The molecule has 7 nitrogen and oxygen atoms in total. The van der Waals surface area contributed by atoms with Gasteiger partial charge >= 0.3 is 5.69 Å². The molecule has 1 N–H and O–H groups in total. The molecule has 0 bridgehead atoms. The maximum absolute atomic E-state index is 12.8. The molecule has 2 amide bonds. The van der Waals surface area contributed by atoms with Crippen LogP contribution in [0.4, 0.5) is 5.69 Å². The van der Waals surface area contributed by atoms with Gasteiger partial charge < -0.3 is 0 Å². The highest BCUT2D eigenvalue weighted by molar-refractivity contribution is 6.33. The largest absolute Gasteiger partial charge is 0.328 e. The van der Waals surface area contributed by atoms with Gasteiger partial charge in [0.1, 0.15) is 5.57 Å². The Kier molecular flexibility index (Phi) is 4.12. The quantitative estimate of drug-likeness (QED) is 0.533. The van der Waals surface area contributed by atoms with Crippen molar-refractivity contribution in [1.82, 2.24) is 14.6 Å². The fourth-order valence-electron chi connectivity index (χ4n) is 3.24. The number of hydrazine groups is 1. The van der Waals surface area contributed by atoms with Crippen LogP contribution < -0.4 is 16.1 Å². The molecule has 0 unspecified atom stereocenters. The van der Waals surface area contributed by atoms with Crippen LogP contribution in [0.15, 0.2) is 46.8 Å². The number of carbonyl (C=O) groups is 2. The summed E-state index contributed by atoms with van der Waals surface area (Å²) in [5.74, 6) is -0.962. The number of nitrogens with one attached hydrogen (secondary N) is 1. The summed E-state index contributed by atoms with van der Waals surface area (Å²) in [5.41, 5.74) is 5.92. The van der Waals surface area contributed by atoms with E-state index in [1.807, 2.05) is 6.92 Å². The lowest BCUT2D eigenvalue weighted by Crippen LogP contribution is -2.35. The van der Waals surface area contributed by atoms with Gasteiger partial charge in [0.15, 0.2) is 0 Å². The minimum absolute atomic E-state index is 0.0111. The third-order valence-corrected chi connectivity index (χ3v) is 5.32. The van der Waals surface area contributed by atoms with E-state index in [1.54, 1.807) is 55.1 Å². The lowest BCUT2D eigenvalue weighted by molar-refractivity contribution is -0.117. The smallest absolute Gasteiger partial charge is 0.295 e. The molecule has 4 rings (SSSR count). The summed E-state index contributed by atoms with van der Waals surface area (Å²) in [5, 5.41) is 1.68. The maximum Gasteiger partial charge on any atom is 0.328 e. The number of halogens is 1. The lowest BCUT2D eigenvalue weighted by atomic mass is 10.1. The second kappa shape index (κ2) is 6.38. The fraction of sp³-hybridized carbons (Fsp3) is 0.150. The molecule has 142 valence electrons. The first-order valence-electron chi connectivity index (χ1n) is 8.56. The molecule has 2 aromatic carbocycles. The molecule has 0 atom stereocenters. The SMILES string of the molecule is Cc1ccc(N2NC(=O)C(=Cc3ccc4c(c3)n(C)c(=O)n4C)C2=O)cc1Cl. The van der Waals surface area contributed by atoms with Crippen molar-refractivity contribution in [2.45, 2.75) is 6.92 Å². The third-order valence-electron chi connectivity index (χ3n) is 4.91. The number of hydrogen-bond donors (Lipinski definition) is 1. The molecule has 0 radical (unpaired) electrons. The Morgan fingerprint density at radius 1 is 0.964 bits per heavy atom. The minimum atomic E-state index is -0.497. The lowest BCUT2D eigenvalue weighted by Gasteiger charge is -2.15. The van der Waals surface area contributed by atoms with Gasteiger partial charge in [-0.15, -0.1) is 0 Å². The third kappa shape index (κ3) is 2.71. The van der Waals surface area contributed by atoms with Crippen LogP contribution >= 0.6 is 11.6 Å². The summed E-state index contributed by atoms with van der Waals surface area (Å²) < 4.78 is 3.07. The van der Waals surface area contributed by atoms with Crippen molar-refractivity contribution in [2.24, 2.45) is 14.1 Å². The molecule has 8 heteroatoms. The minimum Gasteiger partial charge on any atom is -0.295 e. The van der Waals surface area contributed by atoms with Gasteiger partial charge in [-0.25, -0.2) is 9.80 Å². The molecular formula is C20H17ClN4O3. The topological polar surface area (TPSA) is 76.3 Å². The molecule has 1 aliphatic heterocycles. The summed E-state index contributed by atoms with van der Waals surface area (Å²) in [7, 11) is 3.37. The van der Waals surface area contributed by atoms with Crippen LogP contribution in [0.1, 0.15) is 11.1 Å². The molecule has 1 fully saturated rings. The normalized spacial score (nSPS) is 15.7. The molecule has 0 aliphatic carbocycles. The van der Waals surface area contributed by atoms with Crippen LogP contribution in [0.5, 0.6) is 0 Å². The average Bonchev–Trinajstić information content (AvgIpc) is 3.07. The van der Waals surface area contributed by atoms with Crippen molar-refractivity contribution >= 4 is 46.2 Å². The van der Waals surface area contributed by atoms with Crippen LogP contribution in [-0.4, -0.2) is 20.9 Å². The molecule has 0 spiro atoms. The Labute approximate surface area is 165 Å². The summed E-state index contributed by atoms with van der Waals surface area (Å²) >= 11 is 6.13. The van der Waals surface area contributed by atoms with Crippen molar-refractivity contribution in [3.63, 3.8) is 0 Å². The van der Waals surface area contributed by atoms with Gasteiger partial charge in [0.2, 0.25) is 0 Å². The number of imidazole rings is 1. The Bertz CT molecular complexity index is 1250. The molecule has 3 aromatic rings. The zero-order chi connectivity index (χ0) is 20.2. The van der Waals surface area contributed by atoms with E-state index >= 15 is 0 Å². The average molecular weight is 397 g/mol. The molecule has 1 aliphatic rings. The van der Waals surface area contributed by atoms with Crippen LogP contribution in [0.2, 0.25) is 5.02 Å². The van der Waals surface area contributed by atoms with E-state index < -0.39 is 11.8 Å². The molecule has 2 heterocycles. The number of benzene rings is 2. The van der Waals surface area contributed by atoms with Crippen molar-refractivity contribution < 1.29 is 9.59 Å². The van der Waals surface area contributed by atoms with Gasteiger partial charge in [-0.3, -0.25) is 24.1 Å². The molecule has 1 saturated heterocycles. The molecular weight excluding hydrogens is 380 g/mol. The second-order valence-corrected chi connectivity index (χ2v) is 7.13. The predicted molar refractivity (Wildman–Crippen MR) is 108 cm³/mol. The van der Waals surface area contributed by atoms with E-state index in [9.17, 15) is 14.4 Å². The number of fused-ring (bicyclic) bond motifs is 1. The van der Waals surface area contributed by atoms with Crippen LogP contribution in [0.3, 0.4) is 0 Å². The van der Waals surface area contributed by atoms with E-state index in [0.29, 0.717) is 16.3 Å². The number of nitrogens with zero attached hydrogens (tertiary/aromatic N) is 3. The predicted octanol–water partition coefficient (Wildman–Crippen LogP) is 2.30. The Hall–Kier alpha value is -3.32. The monoisotopic (exact) mass is 396 g/mol. The number of aryl methyl sites for hydroxylation is 3. The van der Waals surface area contributed by atoms with E-state index in [2.05, 4.69) is 5.43 Å². The second-order valence-electron chi connectivity index (χ2n) is 6.72. The standard InChI is InChI=1S/C20H17ClN4O3/c1-11-4-6-13(10-15(11)21)25-19(27)14(18(26)22-25)8-12-5-7-16-17(9-12)24(3)20(28)23(16)2/h4-10H,1-3H3,(H,22,26). The molecule has 28 heavy (non-hydrogen) atoms. The van der Waals surface area contributed by atoms with Crippen LogP contribution in [0, 0.1) is 6.92 Å². The van der Waals surface area contributed by atoms with E-state index in [4.69, 9.17) is 11.6 Å². The highest BCUT2D eigenvalue weighted by atomic mass is 35.5. The van der Waals surface area contributed by atoms with E-state index in [1.165, 1.54) is 15.7 Å². The van der Waals surface area contributed by atoms with E-state index in [-0.39, 0.29) is 11.3 Å². The number of hydrogen-bond acceptors (Lipinski definition) is 3. The van der Waals surface area contributed by atoms with Gasteiger partial charge in [0, 0.05) is 19.1 Å². The first-order chi connectivity index (χ1) is 13.3.